The van der Waals surface area contributed by atoms with Crippen LogP contribution in [0, 0.1) is 6.92 Å². The van der Waals surface area contributed by atoms with Crippen LogP contribution >= 0.6 is 11.6 Å². The van der Waals surface area contributed by atoms with Crippen molar-refractivity contribution in [3.05, 3.63) is 64.2 Å². The van der Waals surface area contributed by atoms with Crippen molar-refractivity contribution >= 4 is 11.6 Å². The van der Waals surface area contributed by atoms with Gasteiger partial charge in [-0.25, -0.2) is 0 Å². The highest BCUT2D eigenvalue weighted by Crippen LogP contribution is 2.29. The van der Waals surface area contributed by atoms with Crippen LogP contribution in [0.25, 0.3) is 0 Å². The lowest BCUT2D eigenvalue weighted by atomic mass is 9.95. The zero-order valence-corrected chi connectivity index (χ0v) is 12.9. The lowest BCUT2D eigenvalue weighted by molar-refractivity contribution is 0.339. The molecule has 20 heavy (non-hydrogen) atoms. The van der Waals surface area contributed by atoms with E-state index in [1.807, 2.05) is 38.2 Å². The average molecular weight is 290 g/mol. The van der Waals surface area contributed by atoms with Gasteiger partial charge in [0.05, 0.1) is 12.6 Å². The van der Waals surface area contributed by atoms with E-state index in [4.69, 9.17) is 16.3 Å². The molecule has 106 valence electrons. The summed E-state index contributed by atoms with van der Waals surface area (Å²) in [4.78, 5) is 0. The minimum atomic E-state index is 0.106. The predicted molar refractivity (Wildman–Crippen MR) is 84.7 cm³/mol. The molecule has 2 aromatic rings. The normalized spacial score (nSPS) is 12.2. The first kappa shape index (κ1) is 14.9. The number of benzene rings is 2. The van der Waals surface area contributed by atoms with Gasteiger partial charge in [-0.2, -0.15) is 0 Å². The Balaban J connectivity index is 2.41. The fraction of sp³-hybridized carbons (Fsp3) is 0.294. The van der Waals surface area contributed by atoms with Gasteiger partial charge in [-0.3, -0.25) is 0 Å². The van der Waals surface area contributed by atoms with Crippen LogP contribution in [0.1, 0.15) is 29.7 Å². The topological polar surface area (TPSA) is 21.3 Å². The molecule has 0 fully saturated rings. The van der Waals surface area contributed by atoms with Gasteiger partial charge in [-0.05, 0) is 61.9 Å². The quantitative estimate of drug-likeness (QED) is 0.883. The lowest BCUT2D eigenvalue weighted by Crippen LogP contribution is -2.18. The van der Waals surface area contributed by atoms with E-state index in [0.29, 0.717) is 6.61 Å². The molecule has 2 nitrogen and oxygen atoms in total. The van der Waals surface area contributed by atoms with E-state index in [2.05, 4.69) is 30.4 Å². The van der Waals surface area contributed by atoms with E-state index in [1.54, 1.807) is 0 Å². The van der Waals surface area contributed by atoms with Crippen LogP contribution < -0.4 is 10.1 Å². The van der Waals surface area contributed by atoms with E-state index < -0.39 is 0 Å². The molecule has 2 aromatic carbocycles. The van der Waals surface area contributed by atoms with Gasteiger partial charge in [0.15, 0.2) is 0 Å². The van der Waals surface area contributed by atoms with Crippen LogP contribution in [0.5, 0.6) is 5.75 Å². The van der Waals surface area contributed by atoms with Gasteiger partial charge in [-0.15, -0.1) is 0 Å². The molecule has 0 saturated carbocycles. The molecule has 0 aliphatic carbocycles. The summed E-state index contributed by atoms with van der Waals surface area (Å²) in [6.07, 6.45) is 0. The molecule has 1 N–H and O–H groups in total. The number of hydrogen-bond donors (Lipinski definition) is 1. The molecule has 0 bridgehead atoms. The highest BCUT2D eigenvalue weighted by atomic mass is 35.5. The maximum Gasteiger partial charge on any atom is 0.119 e. The summed E-state index contributed by atoms with van der Waals surface area (Å²) in [5.74, 6) is 0.893. The minimum absolute atomic E-state index is 0.106. The number of halogens is 1. The smallest absolute Gasteiger partial charge is 0.119 e. The molecule has 3 heteroatoms. The summed E-state index contributed by atoms with van der Waals surface area (Å²) in [6, 6.07) is 14.3. The van der Waals surface area contributed by atoms with Crippen molar-refractivity contribution in [2.75, 3.05) is 13.7 Å². The van der Waals surface area contributed by atoms with E-state index in [0.717, 1.165) is 10.8 Å². The molecule has 0 heterocycles. The second-order valence-electron chi connectivity index (χ2n) is 4.73. The summed E-state index contributed by atoms with van der Waals surface area (Å²) in [6.45, 7) is 4.76. The van der Waals surface area contributed by atoms with Gasteiger partial charge < -0.3 is 10.1 Å². The third kappa shape index (κ3) is 3.33. The number of ether oxygens (including phenoxy) is 1. The fourth-order valence-electron chi connectivity index (χ4n) is 2.37. The second-order valence-corrected chi connectivity index (χ2v) is 5.16. The molecule has 1 unspecified atom stereocenters. The van der Waals surface area contributed by atoms with Crippen molar-refractivity contribution in [3.8, 4) is 5.75 Å². The van der Waals surface area contributed by atoms with Crippen LogP contribution in [-0.4, -0.2) is 13.7 Å². The standard InChI is InChI=1S/C17H20ClNO/c1-4-20-15-7-5-6-13(10-15)17(19-3)16-11-14(18)9-8-12(16)2/h5-11,17,19H,4H2,1-3H3. The number of hydrogen-bond acceptors (Lipinski definition) is 2. The van der Waals surface area contributed by atoms with Crippen molar-refractivity contribution in [1.82, 2.24) is 5.32 Å². The van der Waals surface area contributed by atoms with Crippen LogP contribution in [-0.2, 0) is 0 Å². The molecular weight excluding hydrogens is 270 g/mol. The number of rotatable bonds is 5. The van der Waals surface area contributed by atoms with Crippen molar-refractivity contribution in [2.45, 2.75) is 19.9 Å². The first-order valence-electron chi connectivity index (χ1n) is 6.81. The highest BCUT2D eigenvalue weighted by Gasteiger charge is 2.15. The van der Waals surface area contributed by atoms with Gasteiger partial charge >= 0.3 is 0 Å². The molecule has 0 radical (unpaired) electrons. The zero-order chi connectivity index (χ0) is 14.5. The SMILES string of the molecule is CCOc1cccc(C(NC)c2cc(Cl)ccc2C)c1. The Kier molecular flexibility index (Phi) is 5.05. The molecule has 0 aliphatic heterocycles. The third-order valence-electron chi connectivity index (χ3n) is 3.34. The van der Waals surface area contributed by atoms with Gasteiger partial charge in [0.1, 0.15) is 5.75 Å². The molecule has 0 amide bonds. The van der Waals surface area contributed by atoms with Crippen LogP contribution in [0.4, 0.5) is 0 Å². The number of aryl methyl sites for hydroxylation is 1. The summed E-state index contributed by atoms with van der Waals surface area (Å²) in [7, 11) is 1.96. The first-order valence-corrected chi connectivity index (χ1v) is 7.19. The Morgan fingerprint density at radius 2 is 2.00 bits per heavy atom. The van der Waals surface area contributed by atoms with Crippen LogP contribution in [0.2, 0.25) is 5.02 Å². The van der Waals surface area contributed by atoms with Crippen molar-refractivity contribution in [1.29, 1.82) is 0 Å². The second kappa shape index (κ2) is 6.78. The van der Waals surface area contributed by atoms with E-state index >= 15 is 0 Å². The van der Waals surface area contributed by atoms with E-state index in [-0.39, 0.29) is 6.04 Å². The predicted octanol–water partition coefficient (Wildman–Crippen LogP) is 4.36. The highest BCUT2D eigenvalue weighted by molar-refractivity contribution is 6.30. The van der Waals surface area contributed by atoms with E-state index in [9.17, 15) is 0 Å². The lowest BCUT2D eigenvalue weighted by Gasteiger charge is -2.20. The molecule has 0 aliphatic rings. The number of nitrogens with one attached hydrogen (secondary N) is 1. The molecule has 1 atom stereocenters. The van der Waals surface area contributed by atoms with Gasteiger partial charge in [0.2, 0.25) is 0 Å². The first-order chi connectivity index (χ1) is 9.65. The molecule has 0 aromatic heterocycles. The average Bonchev–Trinajstić information content (AvgIpc) is 2.44. The Morgan fingerprint density at radius 3 is 2.70 bits per heavy atom. The maximum absolute atomic E-state index is 6.13. The Bertz CT molecular complexity index is 583. The monoisotopic (exact) mass is 289 g/mol. The van der Waals surface area contributed by atoms with Crippen LogP contribution in [0.15, 0.2) is 42.5 Å². The minimum Gasteiger partial charge on any atom is -0.494 e. The van der Waals surface area contributed by atoms with Gasteiger partial charge in [0, 0.05) is 5.02 Å². The van der Waals surface area contributed by atoms with Gasteiger partial charge in [-0.1, -0.05) is 29.8 Å². The Morgan fingerprint density at radius 1 is 1.20 bits per heavy atom. The van der Waals surface area contributed by atoms with Crippen molar-refractivity contribution in [2.24, 2.45) is 0 Å². The Hall–Kier alpha value is -1.51. The van der Waals surface area contributed by atoms with E-state index in [1.165, 1.54) is 16.7 Å². The summed E-state index contributed by atoms with van der Waals surface area (Å²) in [5, 5.41) is 4.11. The van der Waals surface area contributed by atoms with Crippen LogP contribution in [0.3, 0.4) is 0 Å². The molecule has 0 saturated heterocycles. The van der Waals surface area contributed by atoms with Crippen molar-refractivity contribution < 1.29 is 4.74 Å². The Labute approximate surface area is 125 Å². The summed E-state index contributed by atoms with van der Waals surface area (Å²) < 4.78 is 5.58. The molecular formula is C17H20ClNO. The third-order valence-corrected chi connectivity index (χ3v) is 3.58. The summed E-state index contributed by atoms with van der Waals surface area (Å²) in [5.41, 5.74) is 3.58. The molecule has 0 spiro atoms. The van der Waals surface area contributed by atoms with Crippen molar-refractivity contribution in [3.63, 3.8) is 0 Å². The molecule has 2 rings (SSSR count). The largest absolute Gasteiger partial charge is 0.494 e. The summed E-state index contributed by atoms with van der Waals surface area (Å²) >= 11 is 6.13. The fourth-order valence-corrected chi connectivity index (χ4v) is 2.56. The van der Waals surface area contributed by atoms with Gasteiger partial charge in [0.25, 0.3) is 0 Å². The zero-order valence-electron chi connectivity index (χ0n) is 12.1. The maximum atomic E-state index is 6.13.